The molecule has 2 aromatic carbocycles. The molecular weight excluding hydrogens is 540 g/mol. The molecule has 0 aliphatic carbocycles. The number of H-pyrrole nitrogens is 1. The van der Waals surface area contributed by atoms with Gasteiger partial charge in [-0.15, -0.1) is 0 Å². The van der Waals surface area contributed by atoms with Crippen molar-refractivity contribution in [2.24, 2.45) is 0 Å². The third-order valence-corrected chi connectivity index (χ3v) is 7.04. The Hall–Kier alpha value is -5.26. The topological polar surface area (TPSA) is 149 Å². The summed E-state index contributed by atoms with van der Waals surface area (Å²) in [5.41, 5.74) is 3.42. The molecule has 4 aromatic rings. The molecule has 5 rings (SSSR count). The first-order valence-electron chi connectivity index (χ1n) is 13.4. The number of amides is 4. The number of ether oxygens (including phenoxy) is 3. The van der Waals surface area contributed by atoms with Gasteiger partial charge in [0.1, 0.15) is 0 Å². The number of urea groups is 1. The lowest BCUT2D eigenvalue weighted by Gasteiger charge is -2.14. The van der Waals surface area contributed by atoms with Crippen molar-refractivity contribution >= 4 is 39.9 Å². The highest BCUT2D eigenvalue weighted by molar-refractivity contribution is 6.50. The van der Waals surface area contributed by atoms with Crippen LogP contribution in [0.5, 0.6) is 17.2 Å². The van der Waals surface area contributed by atoms with E-state index >= 15 is 0 Å². The molecule has 218 valence electrons. The molecule has 12 heteroatoms. The molecule has 1 aliphatic heterocycles. The Labute approximate surface area is 242 Å². The van der Waals surface area contributed by atoms with Gasteiger partial charge in [-0.3, -0.25) is 14.9 Å². The lowest BCUT2D eigenvalue weighted by molar-refractivity contribution is -0.122. The van der Waals surface area contributed by atoms with Gasteiger partial charge in [0, 0.05) is 60.6 Å². The number of rotatable bonds is 12. The van der Waals surface area contributed by atoms with Crippen molar-refractivity contribution in [1.82, 2.24) is 30.5 Å². The number of nitrogens with zero attached hydrogens (tertiary/aromatic N) is 2. The van der Waals surface area contributed by atoms with Crippen molar-refractivity contribution in [1.29, 1.82) is 0 Å². The number of hydrogen-bond acceptors (Lipinski definition) is 7. The minimum absolute atomic E-state index is 0.218. The van der Waals surface area contributed by atoms with E-state index in [1.54, 1.807) is 24.7 Å². The Bertz CT molecular complexity index is 1630. The summed E-state index contributed by atoms with van der Waals surface area (Å²) in [5.74, 6) is 0.119. The van der Waals surface area contributed by atoms with Crippen LogP contribution in [0.1, 0.15) is 23.2 Å². The lowest BCUT2D eigenvalue weighted by Crippen LogP contribution is -2.37. The molecule has 12 nitrogen and oxygen atoms in total. The number of aromatic nitrogens is 3. The van der Waals surface area contributed by atoms with E-state index in [2.05, 4.69) is 25.9 Å². The van der Waals surface area contributed by atoms with E-state index in [4.69, 9.17) is 14.2 Å². The molecule has 0 fully saturated rings. The van der Waals surface area contributed by atoms with E-state index in [0.29, 0.717) is 60.9 Å². The quantitative estimate of drug-likeness (QED) is 0.151. The fourth-order valence-electron chi connectivity index (χ4n) is 5.09. The van der Waals surface area contributed by atoms with Crippen LogP contribution in [-0.2, 0) is 22.6 Å². The molecule has 2 aromatic heterocycles. The first-order valence-corrected chi connectivity index (χ1v) is 13.4. The van der Waals surface area contributed by atoms with Crippen molar-refractivity contribution < 1.29 is 28.6 Å². The maximum Gasteiger partial charge on any atom is 0.314 e. The van der Waals surface area contributed by atoms with E-state index in [1.165, 1.54) is 21.3 Å². The largest absolute Gasteiger partial charge is 0.493 e. The predicted molar refractivity (Wildman–Crippen MR) is 156 cm³/mol. The van der Waals surface area contributed by atoms with Gasteiger partial charge in [0.2, 0.25) is 5.75 Å². The van der Waals surface area contributed by atoms with Crippen molar-refractivity contribution in [2.45, 2.75) is 19.4 Å². The molecule has 0 spiro atoms. The van der Waals surface area contributed by atoms with Crippen LogP contribution in [0, 0.1) is 0 Å². The van der Waals surface area contributed by atoms with Gasteiger partial charge in [-0.05, 0) is 30.2 Å². The SMILES string of the molecule is COc1cc(C2=C(c3cn(CCCNC(=O)NCCc4cnc[nH]4)c4ccccc34)C(=O)NC2=O)cc(OC)c1OC. The number of aromatic amines is 1. The number of methoxy groups -OCH3 is 3. The van der Waals surface area contributed by atoms with Crippen LogP contribution in [0.2, 0.25) is 0 Å². The van der Waals surface area contributed by atoms with Crippen LogP contribution in [0.15, 0.2) is 55.1 Å². The van der Waals surface area contributed by atoms with Gasteiger partial charge in [-0.25, -0.2) is 9.78 Å². The number of carbonyl (C=O) groups is 3. The predicted octanol–water partition coefficient (Wildman–Crippen LogP) is 2.89. The van der Waals surface area contributed by atoms with Crippen LogP contribution in [0.3, 0.4) is 0 Å². The number of imide groups is 1. The second-order valence-corrected chi connectivity index (χ2v) is 9.56. The highest BCUT2D eigenvalue weighted by Gasteiger charge is 2.35. The Morgan fingerprint density at radius 1 is 0.952 bits per heavy atom. The normalized spacial score (nSPS) is 12.9. The molecule has 0 atom stereocenters. The number of imidazole rings is 1. The van der Waals surface area contributed by atoms with Crippen LogP contribution >= 0.6 is 0 Å². The standard InChI is InChI=1S/C30H32N6O6/c1-40-23-13-18(14-24(41-2)27(23)42-3)25-26(29(38)35-28(25)37)21-16-36(22-8-5-4-7-20(21)22)12-6-10-32-30(39)33-11-9-19-15-31-17-34-19/h4-5,7-8,13-17H,6,9-12H2,1-3H3,(H,31,34)(H2,32,33,39)(H,35,37,38). The van der Waals surface area contributed by atoms with E-state index < -0.39 is 11.8 Å². The summed E-state index contributed by atoms with van der Waals surface area (Å²) in [6, 6.07) is 10.8. The minimum atomic E-state index is -0.510. The summed E-state index contributed by atoms with van der Waals surface area (Å²) in [6.45, 7) is 1.52. The zero-order valence-corrected chi connectivity index (χ0v) is 23.6. The number of fused-ring (bicyclic) bond motifs is 1. The molecule has 4 amide bonds. The summed E-state index contributed by atoms with van der Waals surface area (Å²) in [5, 5.41) is 8.98. The van der Waals surface area contributed by atoms with Crippen LogP contribution in [0.25, 0.3) is 22.0 Å². The lowest BCUT2D eigenvalue weighted by atomic mass is 9.95. The third-order valence-electron chi connectivity index (χ3n) is 7.04. The zero-order chi connectivity index (χ0) is 29.6. The zero-order valence-electron chi connectivity index (χ0n) is 23.6. The third kappa shape index (κ3) is 5.64. The maximum absolute atomic E-state index is 13.2. The molecule has 0 radical (unpaired) electrons. The number of para-hydroxylation sites is 1. The molecule has 0 unspecified atom stereocenters. The first kappa shape index (κ1) is 28.3. The van der Waals surface area contributed by atoms with Crippen molar-refractivity contribution in [2.75, 3.05) is 34.4 Å². The average molecular weight is 573 g/mol. The van der Waals surface area contributed by atoms with E-state index in [9.17, 15) is 14.4 Å². The van der Waals surface area contributed by atoms with Gasteiger partial charge in [0.15, 0.2) is 11.5 Å². The average Bonchev–Trinajstić information content (AvgIpc) is 3.72. The van der Waals surface area contributed by atoms with Gasteiger partial charge in [0.05, 0.1) is 38.8 Å². The van der Waals surface area contributed by atoms with Gasteiger partial charge < -0.3 is 34.4 Å². The Morgan fingerprint density at radius 3 is 2.36 bits per heavy atom. The van der Waals surface area contributed by atoms with Gasteiger partial charge in [-0.2, -0.15) is 0 Å². The Morgan fingerprint density at radius 2 is 1.67 bits per heavy atom. The summed E-state index contributed by atoms with van der Waals surface area (Å²) >= 11 is 0. The maximum atomic E-state index is 13.2. The second kappa shape index (κ2) is 12.5. The van der Waals surface area contributed by atoms with Gasteiger partial charge in [-0.1, -0.05) is 18.2 Å². The number of hydrogen-bond donors (Lipinski definition) is 4. The van der Waals surface area contributed by atoms with Crippen molar-refractivity contribution in [3.8, 4) is 17.2 Å². The molecular formula is C30H32N6O6. The molecule has 3 heterocycles. The minimum Gasteiger partial charge on any atom is -0.493 e. The smallest absolute Gasteiger partial charge is 0.314 e. The van der Waals surface area contributed by atoms with Crippen molar-refractivity contribution in [3.63, 3.8) is 0 Å². The monoisotopic (exact) mass is 572 g/mol. The molecule has 0 saturated heterocycles. The molecule has 4 N–H and O–H groups in total. The van der Waals surface area contributed by atoms with E-state index in [0.717, 1.165) is 16.6 Å². The number of benzene rings is 2. The van der Waals surface area contributed by atoms with Crippen LogP contribution < -0.4 is 30.2 Å². The molecule has 1 aliphatic rings. The fraction of sp³-hybridized carbons (Fsp3) is 0.267. The molecule has 0 saturated carbocycles. The van der Waals surface area contributed by atoms with Crippen molar-refractivity contribution in [3.05, 3.63) is 71.9 Å². The van der Waals surface area contributed by atoms with E-state index in [-0.39, 0.29) is 17.2 Å². The summed E-state index contributed by atoms with van der Waals surface area (Å²) in [6.07, 6.45) is 6.52. The Balaban J connectivity index is 1.38. The summed E-state index contributed by atoms with van der Waals surface area (Å²) in [7, 11) is 4.48. The summed E-state index contributed by atoms with van der Waals surface area (Å²) < 4.78 is 18.4. The van der Waals surface area contributed by atoms with Gasteiger partial charge >= 0.3 is 6.03 Å². The van der Waals surface area contributed by atoms with Crippen LogP contribution in [-0.4, -0.2) is 66.8 Å². The van der Waals surface area contributed by atoms with Gasteiger partial charge in [0.25, 0.3) is 11.8 Å². The Kier molecular flexibility index (Phi) is 8.42. The summed E-state index contributed by atoms with van der Waals surface area (Å²) in [4.78, 5) is 45.5. The number of carbonyl (C=O) groups excluding carboxylic acids is 3. The highest BCUT2D eigenvalue weighted by atomic mass is 16.5. The van der Waals surface area contributed by atoms with E-state index in [1.807, 2.05) is 35.0 Å². The molecule has 42 heavy (non-hydrogen) atoms. The number of aryl methyl sites for hydroxylation is 1. The fourth-order valence-corrected chi connectivity index (χ4v) is 5.09. The first-order chi connectivity index (χ1) is 20.4. The highest BCUT2D eigenvalue weighted by Crippen LogP contribution is 2.43. The van der Waals surface area contributed by atoms with Crippen LogP contribution in [0.4, 0.5) is 4.79 Å². The molecule has 0 bridgehead atoms. The number of nitrogens with one attached hydrogen (secondary N) is 4. The second-order valence-electron chi connectivity index (χ2n) is 9.56.